The molecule has 2 atom stereocenters. The number of nitrogens with zero attached hydrogens (tertiary/aromatic N) is 2. The van der Waals surface area contributed by atoms with Crippen LogP contribution in [0.1, 0.15) is 0 Å². The molecule has 2 unspecified atom stereocenters. The fraction of sp³-hybridized carbons (Fsp3) is 0.538. The third-order valence-corrected chi connectivity index (χ3v) is 3.48. The lowest BCUT2D eigenvalue weighted by Crippen LogP contribution is -2.58. The molecule has 0 N–H and O–H groups in total. The van der Waals surface area contributed by atoms with Crippen LogP contribution >= 0.6 is 0 Å². The predicted octanol–water partition coefficient (Wildman–Crippen LogP) is 1.48. The van der Waals surface area contributed by atoms with Gasteiger partial charge in [0.05, 0.1) is 12.2 Å². The molecule has 18 heavy (non-hydrogen) atoms. The zero-order valence-corrected chi connectivity index (χ0v) is 10.3. The van der Waals surface area contributed by atoms with Gasteiger partial charge in [0.2, 0.25) is 0 Å². The summed E-state index contributed by atoms with van der Waals surface area (Å²) in [6, 6.07) is 3.67. The van der Waals surface area contributed by atoms with E-state index in [2.05, 4.69) is 11.9 Å². The molecule has 2 aliphatic rings. The molecule has 0 radical (unpaired) electrons. The molecule has 2 aliphatic heterocycles. The van der Waals surface area contributed by atoms with Crippen molar-refractivity contribution in [2.24, 2.45) is 0 Å². The highest BCUT2D eigenvalue weighted by molar-refractivity contribution is 5.47. The van der Waals surface area contributed by atoms with Gasteiger partial charge in [-0.15, -0.1) is 0 Å². The molecule has 0 aromatic heterocycles. The van der Waals surface area contributed by atoms with Crippen LogP contribution in [0.2, 0.25) is 0 Å². The van der Waals surface area contributed by atoms with E-state index in [1.54, 1.807) is 0 Å². The number of benzene rings is 1. The summed E-state index contributed by atoms with van der Waals surface area (Å²) in [5.41, 5.74) is 0.607. The summed E-state index contributed by atoms with van der Waals surface area (Å²) < 4.78 is 32.3. The van der Waals surface area contributed by atoms with Gasteiger partial charge in [-0.2, -0.15) is 0 Å². The zero-order valence-electron chi connectivity index (χ0n) is 10.3. The van der Waals surface area contributed by atoms with Crippen LogP contribution in [0.25, 0.3) is 0 Å². The van der Waals surface area contributed by atoms with Crippen molar-refractivity contribution in [3.63, 3.8) is 0 Å². The van der Waals surface area contributed by atoms with Gasteiger partial charge in [0.1, 0.15) is 11.6 Å². The van der Waals surface area contributed by atoms with Crippen molar-refractivity contribution in [2.75, 3.05) is 38.1 Å². The third-order valence-electron chi connectivity index (χ3n) is 3.48. The van der Waals surface area contributed by atoms with E-state index in [0.29, 0.717) is 18.8 Å². The maximum Gasteiger partial charge on any atom is 0.128 e. The van der Waals surface area contributed by atoms with Crippen LogP contribution in [0.5, 0.6) is 0 Å². The van der Waals surface area contributed by atoms with Gasteiger partial charge in [-0.05, 0) is 19.2 Å². The summed E-state index contributed by atoms with van der Waals surface area (Å²) in [6.07, 6.45) is 0.239. The highest BCUT2D eigenvalue weighted by Gasteiger charge is 2.33. The summed E-state index contributed by atoms with van der Waals surface area (Å²) in [7, 11) is 2.07. The number of morpholine rings is 2. The summed E-state index contributed by atoms with van der Waals surface area (Å²) in [5.74, 6) is -1.06. The van der Waals surface area contributed by atoms with E-state index in [-0.39, 0.29) is 12.2 Å². The monoisotopic (exact) mass is 254 g/mol. The number of fused-ring (bicyclic) bond motifs is 2. The first-order valence-electron chi connectivity index (χ1n) is 6.15. The Bertz CT molecular complexity index is 416. The summed E-state index contributed by atoms with van der Waals surface area (Å²) >= 11 is 0. The number of anilines is 1. The standard InChI is InChI=1S/C13H16F2N2O/c1-16-5-12-7-17(8-13(6-16)18-12)11-3-9(14)2-10(15)4-11/h2-4,12-13H,5-8H2,1H3. The molecule has 3 nitrogen and oxygen atoms in total. The molecule has 0 spiro atoms. The molecular weight excluding hydrogens is 238 g/mol. The normalized spacial score (nSPS) is 28.5. The van der Waals surface area contributed by atoms with E-state index in [9.17, 15) is 8.78 Å². The van der Waals surface area contributed by atoms with E-state index < -0.39 is 11.6 Å². The van der Waals surface area contributed by atoms with Gasteiger partial charge in [0.25, 0.3) is 0 Å². The van der Waals surface area contributed by atoms with E-state index >= 15 is 0 Å². The molecule has 0 saturated carbocycles. The lowest BCUT2D eigenvalue weighted by Gasteiger charge is -2.45. The fourth-order valence-corrected chi connectivity index (χ4v) is 2.83. The predicted molar refractivity (Wildman–Crippen MR) is 64.7 cm³/mol. The Labute approximate surface area is 105 Å². The highest BCUT2D eigenvalue weighted by atomic mass is 19.1. The van der Waals surface area contributed by atoms with Gasteiger partial charge in [0.15, 0.2) is 0 Å². The lowest BCUT2D eigenvalue weighted by atomic mass is 10.1. The van der Waals surface area contributed by atoms with Gasteiger partial charge in [-0.25, -0.2) is 8.78 Å². The second-order valence-corrected chi connectivity index (χ2v) is 5.13. The van der Waals surface area contributed by atoms with Crippen LogP contribution in [0.4, 0.5) is 14.5 Å². The number of likely N-dealkylation sites (N-methyl/N-ethyl adjacent to an activating group) is 1. The van der Waals surface area contributed by atoms with E-state index in [1.807, 2.05) is 4.90 Å². The Morgan fingerprint density at radius 3 is 2.11 bits per heavy atom. The summed E-state index contributed by atoms with van der Waals surface area (Å²) in [5, 5.41) is 0. The molecule has 98 valence electrons. The Morgan fingerprint density at radius 2 is 1.56 bits per heavy atom. The zero-order chi connectivity index (χ0) is 12.7. The van der Waals surface area contributed by atoms with Gasteiger partial charge < -0.3 is 14.5 Å². The number of hydrogen-bond acceptors (Lipinski definition) is 3. The molecule has 5 heteroatoms. The van der Waals surface area contributed by atoms with Crippen LogP contribution in [0.3, 0.4) is 0 Å². The van der Waals surface area contributed by atoms with Crippen molar-refractivity contribution in [1.29, 1.82) is 0 Å². The van der Waals surface area contributed by atoms with Crippen LogP contribution < -0.4 is 4.90 Å². The minimum absolute atomic E-state index is 0.119. The first-order valence-corrected chi connectivity index (χ1v) is 6.15. The largest absolute Gasteiger partial charge is 0.369 e. The SMILES string of the molecule is CN1CC2CN(c3cc(F)cc(F)c3)CC(C1)O2. The minimum Gasteiger partial charge on any atom is -0.369 e. The maximum absolute atomic E-state index is 13.2. The van der Waals surface area contributed by atoms with Crippen molar-refractivity contribution >= 4 is 5.69 Å². The van der Waals surface area contributed by atoms with Crippen LogP contribution in [0, 0.1) is 11.6 Å². The Morgan fingerprint density at radius 1 is 1.00 bits per heavy atom. The molecule has 1 aromatic rings. The van der Waals surface area contributed by atoms with Gasteiger partial charge in [-0.3, -0.25) is 0 Å². The van der Waals surface area contributed by atoms with Crippen molar-refractivity contribution < 1.29 is 13.5 Å². The second kappa shape index (κ2) is 4.48. The Balaban J connectivity index is 1.81. The Kier molecular flexibility index (Phi) is 2.95. The lowest BCUT2D eigenvalue weighted by molar-refractivity contribution is -0.0875. The first-order chi connectivity index (χ1) is 8.60. The van der Waals surface area contributed by atoms with Gasteiger partial charge in [-0.1, -0.05) is 0 Å². The van der Waals surface area contributed by atoms with Crippen LogP contribution in [0.15, 0.2) is 18.2 Å². The van der Waals surface area contributed by atoms with Crippen LogP contribution in [-0.4, -0.2) is 50.3 Å². The number of hydrogen-bond donors (Lipinski definition) is 0. The molecule has 2 heterocycles. The van der Waals surface area contributed by atoms with Crippen molar-refractivity contribution in [1.82, 2.24) is 4.90 Å². The average Bonchev–Trinajstić information content (AvgIpc) is 2.25. The second-order valence-electron chi connectivity index (χ2n) is 5.13. The van der Waals surface area contributed by atoms with E-state index in [1.165, 1.54) is 12.1 Å². The first kappa shape index (κ1) is 11.9. The fourth-order valence-electron chi connectivity index (χ4n) is 2.83. The molecule has 3 rings (SSSR count). The van der Waals surface area contributed by atoms with Crippen molar-refractivity contribution in [3.8, 4) is 0 Å². The molecule has 2 bridgehead atoms. The molecule has 0 aliphatic carbocycles. The van der Waals surface area contributed by atoms with Crippen molar-refractivity contribution in [2.45, 2.75) is 12.2 Å². The molecule has 2 fully saturated rings. The molecule has 1 aromatic carbocycles. The maximum atomic E-state index is 13.2. The quantitative estimate of drug-likeness (QED) is 0.755. The van der Waals surface area contributed by atoms with E-state index in [4.69, 9.17) is 4.74 Å². The Hall–Kier alpha value is -1.20. The highest BCUT2D eigenvalue weighted by Crippen LogP contribution is 2.25. The minimum atomic E-state index is -0.529. The molecular formula is C13H16F2N2O. The number of ether oxygens (including phenoxy) is 1. The third kappa shape index (κ3) is 2.33. The topological polar surface area (TPSA) is 15.7 Å². The van der Waals surface area contributed by atoms with Gasteiger partial charge >= 0.3 is 0 Å². The van der Waals surface area contributed by atoms with Gasteiger partial charge in [0, 0.05) is 37.9 Å². The molecule has 2 saturated heterocycles. The van der Waals surface area contributed by atoms with Crippen molar-refractivity contribution in [3.05, 3.63) is 29.8 Å². The van der Waals surface area contributed by atoms with E-state index in [0.717, 1.165) is 19.2 Å². The smallest absolute Gasteiger partial charge is 0.128 e. The number of halogens is 2. The number of rotatable bonds is 1. The van der Waals surface area contributed by atoms with Crippen LogP contribution in [-0.2, 0) is 4.74 Å². The summed E-state index contributed by atoms with van der Waals surface area (Å²) in [6.45, 7) is 3.10. The summed E-state index contributed by atoms with van der Waals surface area (Å²) in [4.78, 5) is 4.25. The average molecular weight is 254 g/mol. The molecule has 0 amide bonds.